The minimum atomic E-state index is -0.403. The fourth-order valence-corrected chi connectivity index (χ4v) is 8.02. The van der Waals surface area contributed by atoms with Crippen LogP contribution in [0.3, 0.4) is 0 Å². The van der Waals surface area contributed by atoms with Gasteiger partial charge in [-0.05, 0) is 91.1 Å². The molecule has 0 unspecified atom stereocenters. The van der Waals surface area contributed by atoms with Crippen molar-refractivity contribution in [2.24, 2.45) is 39.9 Å². The fraction of sp³-hybridized carbons (Fsp3) is 0.808. The Labute approximate surface area is 175 Å². The average Bonchev–Trinajstić information content (AvgIpc) is 3.18. The van der Waals surface area contributed by atoms with Crippen LogP contribution in [0.15, 0.2) is 10.5 Å². The van der Waals surface area contributed by atoms with Crippen LogP contribution in [0, 0.1) is 39.9 Å². The number of carbonyl (C=O) groups excluding carboxylic acids is 1. The Morgan fingerprint density at radius 1 is 1.07 bits per heavy atom. The van der Waals surface area contributed by atoms with E-state index in [0.717, 1.165) is 36.9 Å². The van der Waals surface area contributed by atoms with Crippen molar-refractivity contribution in [2.75, 3.05) is 0 Å². The lowest BCUT2D eigenvalue weighted by Gasteiger charge is -2.59. The molecule has 1 aromatic rings. The molecule has 4 aliphatic carbocycles. The van der Waals surface area contributed by atoms with Gasteiger partial charge in [-0.3, -0.25) is 4.79 Å². The minimum absolute atomic E-state index is 0.100. The maximum atomic E-state index is 12.8. The number of hydrogen-bond donors (Lipinski definition) is 1. The first-order chi connectivity index (χ1) is 13.5. The van der Waals surface area contributed by atoms with Crippen LogP contribution in [0.1, 0.15) is 95.0 Å². The van der Waals surface area contributed by atoms with Gasteiger partial charge in [0, 0.05) is 11.8 Å². The SMILES string of the molecule is CC(C)(C)C(=O)c1cc2c(o1)C[C@@H]1CC[C@@H]3[C@H](CC[C@]4(C)[C@@H](O)CC[C@@H]34)[C@@]1(C)C2. The van der Waals surface area contributed by atoms with E-state index in [2.05, 4.69) is 19.9 Å². The number of aliphatic hydroxyl groups is 1. The lowest BCUT2D eigenvalue weighted by molar-refractivity contribution is -0.112. The number of carbonyl (C=O) groups is 1. The number of hydrogen-bond acceptors (Lipinski definition) is 3. The van der Waals surface area contributed by atoms with Crippen molar-refractivity contribution >= 4 is 5.78 Å². The summed E-state index contributed by atoms with van der Waals surface area (Å²) >= 11 is 0. The molecule has 0 bridgehead atoms. The highest BCUT2D eigenvalue weighted by molar-refractivity contribution is 5.97. The number of rotatable bonds is 1. The standard InChI is InChI=1S/C26H38O3/c1-24(2,3)23(28)21-12-15-14-26(5)16(13-20(15)29-21)6-7-17-18-8-9-22(27)25(18,4)11-10-19(17)26/h12,16-19,22,27H,6-11,13-14H2,1-5H3/t16-,17-,18-,19-,22-,25-,26-/m0/s1. The molecule has 0 aromatic carbocycles. The van der Waals surface area contributed by atoms with Gasteiger partial charge in [0.2, 0.25) is 5.78 Å². The molecule has 5 rings (SSSR count). The van der Waals surface area contributed by atoms with Gasteiger partial charge in [0.15, 0.2) is 5.76 Å². The van der Waals surface area contributed by atoms with Crippen LogP contribution in [-0.4, -0.2) is 17.0 Å². The lowest BCUT2D eigenvalue weighted by Crippen LogP contribution is -2.54. The Morgan fingerprint density at radius 2 is 1.79 bits per heavy atom. The van der Waals surface area contributed by atoms with Gasteiger partial charge in [-0.15, -0.1) is 0 Å². The predicted octanol–water partition coefficient (Wildman–Crippen LogP) is 5.83. The summed E-state index contributed by atoms with van der Waals surface area (Å²) in [5, 5.41) is 10.7. The van der Waals surface area contributed by atoms with Crippen molar-refractivity contribution in [3.63, 3.8) is 0 Å². The molecular formula is C26H38O3. The molecule has 0 aliphatic heterocycles. The first-order valence-electron chi connectivity index (χ1n) is 11.9. The molecule has 0 spiro atoms. The topological polar surface area (TPSA) is 50.4 Å². The molecular weight excluding hydrogens is 360 g/mol. The van der Waals surface area contributed by atoms with Crippen LogP contribution in [0.4, 0.5) is 0 Å². The smallest absolute Gasteiger partial charge is 0.203 e. The maximum Gasteiger partial charge on any atom is 0.203 e. The van der Waals surface area contributed by atoms with Crippen LogP contribution >= 0.6 is 0 Å². The zero-order chi connectivity index (χ0) is 20.8. The summed E-state index contributed by atoms with van der Waals surface area (Å²) < 4.78 is 6.14. The van der Waals surface area contributed by atoms with E-state index >= 15 is 0 Å². The van der Waals surface area contributed by atoms with Crippen LogP contribution in [-0.2, 0) is 12.8 Å². The number of aliphatic hydroxyl groups excluding tert-OH is 1. The van der Waals surface area contributed by atoms with Crippen LogP contribution < -0.4 is 0 Å². The van der Waals surface area contributed by atoms with Gasteiger partial charge in [0.1, 0.15) is 5.76 Å². The summed E-state index contributed by atoms with van der Waals surface area (Å²) in [5.74, 6) is 4.62. The minimum Gasteiger partial charge on any atom is -0.458 e. The van der Waals surface area contributed by atoms with Gasteiger partial charge >= 0.3 is 0 Å². The monoisotopic (exact) mass is 398 g/mol. The van der Waals surface area contributed by atoms with Crippen molar-refractivity contribution in [3.05, 3.63) is 23.2 Å². The van der Waals surface area contributed by atoms with Gasteiger partial charge in [-0.2, -0.15) is 0 Å². The number of furan rings is 1. The fourth-order valence-electron chi connectivity index (χ4n) is 8.02. The van der Waals surface area contributed by atoms with Crippen LogP contribution in [0.25, 0.3) is 0 Å². The zero-order valence-corrected chi connectivity index (χ0v) is 18.9. The highest BCUT2D eigenvalue weighted by Gasteiger charge is 2.60. The van der Waals surface area contributed by atoms with E-state index in [1.54, 1.807) is 0 Å². The quantitative estimate of drug-likeness (QED) is 0.606. The molecule has 3 heteroatoms. The second-order valence-electron chi connectivity index (χ2n) is 12.3. The Morgan fingerprint density at radius 3 is 2.52 bits per heavy atom. The number of ketones is 1. The molecule has 1 heterocycles. The third kappa shape index (κ3) is 2.75. The third-order valence-corrected chi connectivity index (χ3v) is 9.82. The largest absolute Gasteiger partial charge is 0.458 e. The van der Waals surface area contributed by atoms with E-state index in [4.69, 9.17) is 4.42 Å². The summed E-state index contributed by atoms with van der Waals surface area (Å²) in [6, 6.07) is 2.07. The van der Waals surface area contributed by atoms with E-state index in [-0.39, 0.29) is 17.3 Å². The molecule has 0 amide bonds. The number of Topliss-reactive ketones (excluding diaryl/α,β-unsaturated/α-hetero) is 1. The Balaban J connectivity index is 1.45. The summed E-state index contributed by atoms with van der Waals surface area (Å²) in [6.45, 7) is 10.8. The molecule has 160 valence electrons. The van der Waals surface area contributed by atoms with Crippen molar-refractivity contribution in [1.29, 1.82) is 0 Å². The number of fused-ring (bicyclic) bond motifs is 6. The Hall–Kier alpha value is -1.09. The molecule has 29 heavy (non-hydrogen) atoms. The summed E-state index contributed by atoms with van der Waals surface area (Å²) in [4.78, 5) is 12.8. The Bertz CT molecular complexity index is 829. The predicted molar refractivity (Wildman–Crippen MR) is 114 cm³/mol. The molecule has 3 nitrogen and oxygen atoms in total. The van der Waals surface area contributed by atoms with Crippen molar-refractivity contribution in [1.82, 2.24) is 0 Å². The average molecular weight is 399 g/mol. The van der Waals surface area contributed by atoms with E-state index in [1.807, 2.05) is 20.8 Å². The Kier molecular flexibility index (Phi) is 4.25. The highest BCUT2D eigenvalue weighted by Crippen LogP contribution is 2.65. The first kappa shape index (κ1) is 19.8. The van der Waals surface area contributed by atoms with Crippen molar-refractivity contribution < 1.29 is 14.3 Å². The van der Waals surface area contributed by atoms with E-state index in [1.165, 1.54) is 37.7 Å². The second-order valence-corrected chi connectivity index (χ2v) is 12.3. The molecule has 3 fully saturated rings. The molecule has 1 N–H and O–H groups in total. The molecule has 0 saturated heterocycles. The van der Waals surface area contributed by atoms with E-state index in [0.29, 0.717) is 23.0 Å². The molecule has 4 aliphatic rings. The second kappa shape index (κ2) is 6.22. The van der Waals surface area contributed by atoms with Gasteiger partial charge in [-0.1, -0.05) is 34.6 Å². The maximum absolute atomic E-state index is 12.8. The third-order valence-electron chi connectivity index (χ3n) is 9.82. The molecule has 3 saturated carbocycles. The van der Waals surface area contributed by atoms with E-state index in [9.17, 15) is 9.90 Å². The lowest BCUT2D eigenvalue weighted by atomic mass is 9.45. The molecule has 7 atom stereocenters. The van der Waals surface area contributed by atoms with Crippen molar-refractivity contribution in [3.8, 4) is 0 Å². The first-order valence-corrected chi connectivity index (χ1v) is 11.9. The van der Waals surface area contributed by atoms with Gasteiger partial charge in [0.25, 0.3) is 0 Å². The molecule has 1 aromatic heterocycles. The zero-order valence-electron chi connectivity index (χ0n) is 18.9. The van der Waals surface area contributed by atoms with Gasteiger partial charge < -0.3 is 9.52 Å². The van der Waals surface area contributed by atoms with Gasteiger partial charge in [0.05, 0.1) is 6.10 Å². The summed E-state index contributed by atoms with van der Waals surface area (Å²) in [5.41, 5.74) is 1.33. The van der Waals surface area contributed by atoms with Crippen molar-refractivity contribution in [2.45, 2.75) is 92.1 Å². The summed E-state index contributed by atoms with van der Waals surface area (Å²) in [7, 11) is 0. The van der Waals surface area contributed by atoms with Crippen LogP contribution in [0.2, 0.25) is 0 Å². The van der Waals surface area contributed by atoms with E-state index < -0.39 is 5.41 Å². The van der Waals surface area contributed by atoms with Gasteiger partial charge in [-0.25, -0.2) is 0 Å². The summed E-state index contributed by atoms with van der Waals surface area (Å²) in [6.07, 6.45) is 9.16. The molecule has 0 radical (unpaired) electrons. The highest BCUT2D eigenvalue weighted by atomic mass is 16.3. The van der Waals surface area contributed by atoms with Crippen LogP contribution in [0.5, 0.6) is 0 Å². The normalized spacial score (nSPS) is 43.9.